The molecular weight excluding hydrogens is 208 g/mol. The molecule has 3 amide bonds. The molecule has 0 unspecified atom stereocenters. The van der Waals surface area contributed by atoms with Gasteiger partial charge in [-0.15, -0.1) is 0 Å². The van der Waals surface area contributed by atoms with Crippen molar-refractivity contribution in [2.45, 2.75) is 6.92 Å². The SMILES string of the molecule is CCN(OC)C(=O)N(C=O)c1ccccc1. The van der Waals surface area contributed by atoms with Gasteiger partial charge in [-0.05, 0) is 19.1 Å². The summed E-state index contributed by atoms with van der Waals surface area (Å²) >= 11 is 0. The minimum Gasteiger partial charge on any atom is -0.278 e. The van der Waals surface area contributed by atoms with Gasteiger partial charge in [-0.2, -0.15) is 0 Å². The Labute approximate surface area is 94.2 Å². The number of para-hydroxylation sites is 1. The molecule has 0 saturated heterocycles. The highest BCUT2D eigenvalue weighted by Gasteiger charge is 2.20. The average molecular weight is 222 g/mol. The third kappa shape index (κ3) is 2.58. The summed E-state index contributed by atoms with van der Waals surface area (Å²) in [6, 6.07) is 8.16. The van der Waals surface area contributed by atoms with E-state index < -0.39 is 6.03 Å². The van der Waals surface area contributed by atoms with Crippen LogP contribution >= 0.6 is 0 Å². The van der Waals surface area contributed by atoms with Gasteiger partial charge < -0.3 is 0 Å². The normalized spacial score (nSPS) is 9.62. The van der Waals surface area contributed by atoms with Gasteiger partial charge in [-0.25, -0.2) is 14.8 Å². The first-order valence-electron chi connectivity index (χ1n) is 4.89. The summed E-state index contributed by atoms with van der Waals surface area (Å²) in [4.78, 5) is 28.6. The van der Waals surface area contributed by atoms with Gasteiger partial charge >= 0.3 is 6.03 Å². The molecule has 0 radical (unpaired) electrons. The van der Waals surface area contributed by atoms with Crippen molar-refractivity contribution in [2.75, 3.05) is 18.6 Å². The molecule has 86 valence electrons. The summed E-state index contributed by atoms with van der Waals surface area (Å²) in [6.45, 7) is 2.13. The lowest BCUT2D eigenvalue weighted by Crippen LogP contribution is -2.42. The predicted molar refractivity (Wildman–Crippen MR) is 59.8 cm³/mol. The Bertz CT molecular complexity index is 350. The second-order valence-corrected chi connectivity index (χ2v) is 2.97. The van der Waals surface area contributed by atoms with Crippen molar-refractivity contribution in [3.8, 4) is 0 Å². The van der Waals surface area contributed by atoms with Crippen LogP contribution in [0.3, 0.4) is 0 Å². The maximum absolute atomic E-state index is 11.8. The molecule has 5 heteroatoms. The Morgan fingerprint density at radius 3 is 2.44 bits per heavy atom. The smallest absolute Gasteiger partial charge is 0.278 e. The monoisotopic (exact) mass is 222 g/mol. The fourth-order valence-corrected chi connectivity index (χ4v) is 1.27. The second-order valence-electron chi connectivity index (χ2n) is 2.97. The summed E-state index contributed by atoms with van der Waals surface area (Å²) in [5.41, 5.74) is 0.512. The zero-order valence-electron chi connectivity index (χ0n) is 9.29. The number of hydrogen-bond donors (Lipinski definition) is 0. The quantitative estimate of drug-likeness (QED) is 0.575. The lowest BCUT2D eigenvalue weighted by Gasteiger charge is -2.23. The van der Waals surface area contributed by atoms with E-state index in [1.807, 2.05) is 6.07 Å². The number of hydroxylamine groups is 2. The van der Waals surface area contributed by atoms with Gasteiger partial charge in [-0.1, -0.05) is 18.2 Å². The summed E-state index contributed by atoms with van der Waals surface area (Å²) in [5.74, 6) is 0. The molecule has 0 aliphatic heterocycles. The summed E-state index contributed by atoms with van der Waals surface area (Å²) in [6.07, 6.45) is 0.472. The van der Waals surface area contributed by atoms with E-state index in [4.69, 9.17) is 4.84 Å². The number of nitrogens with zero attached hydrogens (tertiary/aromatic N) is 2. The number of rotatable bonds is 4. The number of urea groups is 1. The number of anilines is 1. The molecule has 0 spiro atoms. The van der Waals surface area contributed by atoms with Gasteiger partial charge in [0.2, 0.25) is 6.41 Å². The molecule has 0 aliphatic carbocycles. The molecule has 0 aromatic heterocycles. The van der Waals surface area contributed by atoms with Gasteiger partial charge in [0.1, 0.15) is 0 Å². The average Bonchev–Trinajstić information content (AvgIpc) is 2.33. The Balaban J connectivity index is 2.91. The van der Waals surface area contributed by atoms with Crippen LogP contribution < -0.4 is 4.90 Å². The minimum atomic E-state index is -0.508. The van der Waals surface area contributed by atoms with E-state index in [0.717, 1.165) is 9.96 Å². The van der Waals surface area contributed by atoms with Crippen LogP contribution in [0.25, 0.3) is 0 Å². The molecular formula is C11H14N2O3. The van der Waals surface area contributed by atoms with Crippen molar-refractivity contribution in [3.05, 3.63) is 30.3 Å². The maximum Gasteiger partial charge on any atom is 0.355 e. The summed E-state index contributed by atoms with van der Waals surface area (Å²) < 4.78 is 0. The molecule has 0 saturated carbocycles. The first kappa shape index (κ1) is 12.2. The molecule has 5 nitrogen and oxygen atoms in total. The largest absolute Gasteiger partial charge is 0.355 e. The Kier molecular flexibility index (Phi) is 4.47. The molecule has 16 heavy (non-hydrogen) atoms. The van der Waals surface area contributed by atoms with Crippen molar-refractivity contribution < 1.29 is 14.4 Å². The Morgan fingerprint density at radius 2 is 2.00 bits per heavy atom. The van der Waals surface area contributed by atoms with Crippen LogP contribution in [-0.2, 0) is 9.63 Å². The van der Waals surface area contributed by atoms with Crippen molar-refractivity contribution in [2.24, 2.45) is 0 Å². The highest BCUT2D eigenvalue weighted by Crippen LogP contribution is 2.13. The molecule has 0 N–H and O–H groups in total. The van der Waals surface area contributed by atoms with Crippen LogP contribution in [0.5, 0.6) is 0 Å². The third-order valence-electron chi connectivity index (χ3n) is 2.07. The number of carbonyl (C=O) groups excluding carboxylic acids is 2. The van der Waals surface area contributed by atoms with E-state index >= 15 is 0 Å². The van der Waals surface area contributed by atoms with Gasteiger partial charge in [0.25, 0.3) is 0 Å². The van der Waals surface area contributed by atoms with Gasteiger partial charge in [-0.3, -0.25) is 9.63 Å². The number of imide groups is 1. The number of carbonyl (C=O) groups is 2. The number of hydrogen-bond acceptors (Lipinski definition) is 3. The van der Waals surface area contributed by atoms with Gasteiger partial charge in [0.15, 0.2) is 0 Å². The molecule has 0 fully saturated rings. The van der Waals surface area contributed by atoms with Crippen LogP contribution in [0.4, 0.5) is 10.5 Å². The highest BCUT2D eigenvalue weighted by atomic mass is 16.7. The topological polar surface area (TPSA) is 49.9 Å². The van der Waals surface area contributed by atoms with E-state index in [9.17, 15) is 9.59 Å². The van der Waals surface area contributed by atoms with Crippen LogP contribution in [0.2, 0.25) is 0 Å². The van der Waals surface area contributed by atoms with Crippen molar-refractivity contribution >= 4 is 18.1 Å². The molecule has 0 heterocycles. The maximum atomic E-state index is 11.8. The summed E-state index contributed by atoms with van der Waals surface area (Å²) in [5, 5.41) is 1.10. The Morgan fingerprint density at radius 1 is 1.38 bits per heavy atom. The van der Waals surface area contributed by atoms with E-state index in [0.29, 0.717) is 18.6 Å². The zero-order valence-corrected chi connectivity index (χ0v) is 9.29. The van der Waals surface area contributed by atoms with Crippen LogP contribution in [0.1, 0.15) is 6.92 Å². The van der Waals surface area contributed by atoms with E-state index in [-0.39, 0.29) is 0 Å². The molecule has 0 atom stereocenters. The van der Waals surface area contributed by atoms with Crippen molar-refractivity contribution in [3.63, 3.8) is 0 Å². The zero-order chi connectivity index (χ0) is 12.0. The Hall–Kier alpha value is -1.88. The van der Waals surface area contributed by atoms with Gasteiger partial charge in [0.05, 0.1) is 12.8 Å². The summed E-state index contributed by atoms with van der Waals surface area (Å²) in [7, 11) is 1.38. The van der Waals surface area contributed by atoms with Crippen LogP contribution in [-0.4, -0.2) is 31.2 Å². The molecule has 0 bridgehead atoms. The number of benzene rings is 1. The minimum absolute atomic E-state index is 0.368. The predicted octanol–water partition coefficient (Wildman–Crippen LogP) is 1.65. The lowest BCUT2D eigenvalue weighted by atomic mass is 10.3. The fourth-order valence-electron chi connectivity index (χ4n) is 1.27. The first-order valence-corrected chi connectivity index (χ1v) is 4.89. The molecule has 1 aromatic carbocycles. The molecule has 1 rings (SSSR count). The van der Waals surface area contributed by atoms with Crippen LogP contribution in [0.15, 0.2) is 30.3 Å². The first-order chi connectivity index (χ1) is 7.74. The number of amides is 3. The van der Waals surface area contributed by atoms with Crippen LogP contribution in [0, 0.1) is 0 Å². The van der Waals surface area contributed by atoms with Crippen molar-refractivity contribution in [1.29, 1.82) is 0 Å². The molecule has 0 aliphatic rings. The fraction of sp³-hybridized carbons (Fsp3) is 0.273. The third-order valence-corrected chi connectivity index (χ3v) is 2.07. The van der Waals surface area contributed by atoms with E-state index in [1.165, 1.54) is 7.11 Å². The van der Waals surface area contributed by atoms with Crippen molar-refractivity contribution in [1.82, 2.24) is 5.06 Å². The second kappa shape index (κ2) is 5.87. The lowest BCUT2D eigenvalue weighted by molar-refractivity contribution is -0.109. The van der Waals surface area contributed by atoms with E-state index in [2.05, 4.69) is 0 Å². The van der Waals surface area contributed by atoms with Gasteiger partial charge in [0, 0.05) is 6.54 Å². The highest BCUT2D eigenvalue weighted by molar-refractivity contribution is 6.05. The van der Waals surface area contributed by atoms with E-state index in [1.54, 1.807) is 31.2 Å². The standard InChI is InChI=1S/C11H14N2O3/c1-3-13(16-2)11(15)12(9-14)10-7-5-4-6-8-10/h4-9H,3H2,1-2H3. The molecule has 1 aromatic rings.